The Morgan fingerprint density at radius 2 is 1.88 bits per heavy atom. The van der Waals surface area contributed by atoms with Crippen molar-refractivity contribution >= 4 is 11.6 Å². The monoisotopic (exact) mass is 320 g/mol. The molecule has 0 heterocycles. The molecule has 2 aromatic rings. The summed E-state index contributed by atoms with van der Waals surface area (Å²) >= 11 is 0. The Morgan fingerprint density at radius 1 is 1.04 bits per heavy atom. The first-order valence-electron chi connectivity index (χ1n) is 8.97. The number of benzene rings is 2. The molecule has 24 heavy (non-hydrogen) atoms. The van der Waals surface area contributed by atoms with E-state index >= 15 is 0 Å². The van der Waals surface area contributed by atoms with Crippen LogP contribution in [0.15, 0.2) is 42.5 Å². The van der Waals surface area contributed by atoms with Gasteiger partial charge in [0, 0.05) is 18.2 Å². The Kier molecular flexibility index (Phi) is 4.11. The fraction of sp³-hybridized carbons (Fsp3) is 0.381. The topological polar surface area (TPSA) is 55.1 Å². The van der Waals surface area contributed by atoms with Crippen LogP contribution in [0, 0.1) is 0 Å². The fourth-order valence-electron chi connectivity index (χ4n) is 4.20. The van der Waals surface area contributed by atoms with Gasteiger partial charge in [-0.1, -0.05) is 30.3 Å². The van der Waals surface area contributed by atoms with Gasteiger partial charge in [-0.05, 0) is 72.4 Å². The van der Waals surface area contributed by atoms with Crippen LogP contribution in [0.2, 0.25) is 0 Å². The second-order valence-corrected chi connectivity index (χ2v) is 7.08. The van der Waals surface area contributed by atoms with Crippen LogP contribution in [0.3, 0.4) is 0 Å². The quantitative estimate of drug-likeness (QED) is 0.892. The maximum absolute atomic E-state index is 12.3. The van der Waals surface area contributed by atoms with Gasteiger partial charge < -0.3 is 11.1 Å². The number of rotatable bonds is 4. The summed E-state index contributed by atoms with van der Waals surface area (Å²) in [5, 5.41) is 3.05. The Morgan fingerprint density at radius 3 is 2.79 bits per heavy atom. The third kappa shape index (κ3) is 2.96. The van der Waals surface area contributed by atoms with E-state index in [4.69, 9.17) is 5.73 Å². The van der Waals surface area contributed by atoms with Gasteiger partial charge in [-0.2, -0.15) is 0 Å². The molecule has 1 amide bonds. The molecule has 124 valence electrons. The number of nitrogens with two attached hydrogens (primary N) is 1. The number of hydrogen-bond donors (Lipinski definition) is 2. The van der Waals surface area contributed by atoms with Crippen LogP contribution in [0.4, 0.5) is 5.69 Å². The van der Waals surface area contributed by atoms with E-state index in [1.54, 1.807) is 0 Å². The van der Waals surface area contributed by atoms with Crippen LogP contribution >= 0.6 is 0 Å². The zero-order valence-electron chi connectivity index (χ0n) is 13.9. The molecule has 2 aromatic carbocycles. The summed E-state index contributed by atoms with van der Waals surface area (Å²) in [6, 6.07) is 14.9. The minimum Gasteiger partial charge on any atom is -0.326 e. The van der Waals surface area contributed by atoms with Gasteiger partial charge in [0.15, 0.2) is 0 Å². The zero-order chi connectivity index (χ0) is 16.5. The van der Waals surface area contributed by atoms with Crippen molar-refractivity contribution in [3.8, 4) is 0 Å². The van der Waals surface area contributed by atoms with Crippen LogP contribution in [0.1, 0.15) is 59.9 Å². The number of carbonyl (C=O) groups is 1. The lowest BCUT2D eigenvalue weighted by Crippen LogP contribution is -2.13. The molecule has 2 atom stereocenters. The highest BCUT2D eigenvalue weighted by Gasteiger charge is 2.23. The lowest BCUT2D eigenvalue weighted by atomic mass is 9.96. The molecule has 0 aliphatic heterocycles. The van der Waals surface area contributed by atoms with Crippen molar-refractivity contribution in [3.05, 3.63) is 64.7 Å². The van der Waals surface area contributed by atoms with E-state index in [-0.39, 0.29) is 11.9 Å². The number of amides is 1. The van der Waals surface area contributed by atoms with Crippen LogP contribution in [0.5, 0.6) is 0 Å². The highest BCUT2D eigenvalue weighted by Crippen LogP contribution is 2.36. The second kappa shape index (κ2) is 6.40. The fourth-order valence-corrected chi connectivity index (χ4v) is 4.20. The van der Waals surface area contributed by atoms with E-state index in [2.05, 4.69) is 41.7 Å². The Bertz CT molecular complexity index is 768. The largest absolute Gasteiger partial charge is 0.326 e. The molecule has 3 N–H and O–H groups in total. The lowest BCUT2D eigenvalue weighted by molar-refractivity contribution is -0.116. The van der Waals surface area contributed by atoms with Crippen molar-refractivity contribution in [1.29, 1.82) is 0 Å². The van der Waals surface area contributed by atoms with E-state index in [9.17, 15) is 4.79 Å². The first-order valence-corrected chi connectivity index (χ1v) is 8.97. The number of fused-ring (bicyclic) bond motifs is 2. The highest BCUT2D eigenvalue weighted by atomic mass is 16.1. The van der Waals surface area contributed by atoms with Gasteiger partial charge in [0.05, 0.1) is 0 Å². The summed E-state index contributed by atoms with van der Waals surface area (Å²) in [7, 11) is 0. The summed E-state index contributed by atoms with van der Waals surface area (Å²) in [5.41, 5.74) is 12.4. The Hall–Kier alpha value is -2.13. The van der Waals surface area contributed by atoms with E-state index in [1.807, 2.05) is 6.07 Å². The molecule has 4 rings (SSSR count). The normalized spacial score (nSPS) is 21.4. The maximum atomic E-state index is 12.3. The van der Waals surface area contributed by atoms with Crippen molar-refractivity contribution in [2.45, 2.75) is 50.5 Å². The average Bonchev–Trinajstić information content (AvgIpc) is 3.17. The molecular formula is C21H24N2O. The number of anilines is 1. The van der Waals surface area contributed by atoms with Crippen molar-refractivity contribution in [2.24, 2.45) is 5.73 Å². The van der Waals surface area contributed by atoms with Crippen LogP contribution in [-0.4, -0.2) is 5.91 Å². The summed E-state index contributed by atoms with van der Waals surface area (Å²) in [4.78, 5) is 12.3. The Labute approximate surface area is 143 Å². The molecule has 0 spiro atoms. The molecule has 0 aromatic heterocycles. The van der Waals surface area contributed by atoms with Crippen molar-refractivity contribution in [2.75, 3.05) is 5.32 Å². The van der Waals surface area contributed by atoms with Crippen molar-refractivity contribution in [3.63, 3.8) is 0 Å². The van der Waals surface area contributed by atoms with Gasteiger partial charge in [-0.15, -0.1) is 0 Å². The van der Waals surface area contributed by atoms with Gasteiger partial charge in [0.25, 0.3) is 0 Å². The molecule has 0 bridgehead atoms. The molecule has 3 nitrogen and oxygen atoms in total. The molecule has 3 heteroatoms. The third-order valence-corrected chi connectivity index (χ3v) is 5.53. The zero-order valence-corrected chi connectivity index (χ0v) is 13.9. The number of nitrogens with one attached hydrogen (secondary N) is 1. The van der Waals surface area contributed by atoms with Gasteiger partial charge in [0.2, 0.25) is 5.91 Å². The minimum absolute atomic E-state index is 0.113. The molecule has 0 saturated carbocycles. The maximum Gasteiger partial charge on any atom is 0.224 e. The van der Waals surface area contributed by atoms with Gasteiger partial charge >= 0.3 is 0 Å². The van der Waals surface area contributed by atoms with Crippen LogP contribution in [0.25, 0.3) is 0 Å². The molecule has 0 radical (unpaired) electrons. The molecular weight excluding hydrogens is 296 g/mol. The van der Waals surface area contributed by atoms with E-state index in [0.29, 0.717) is 12.3 Å². The van der Waals surface area contributed by atoms with E-state index in [0.717, 1.165) is 31.4 Å². The number of hydrogen-bond acceptors (Lipinski definition) is 2. The SMILES string of the molecule is N[C@H]1CCc2cc(NC(=O)CCC3CCc4ccccc43)ccc21. The molecule has 2 aliphatic carbocycles. The minimum atomic E-state index is 0.113. The predicted molar refractivity (Wildman–Crippen MR) is 97.1 cm³/mol. The second-order valence-electron chi connectivity index (χ2n) is 7.08. The van der Waals surface area contributed by atoms with Gasteiger partial charge in [-0.3, -0.25) is 4.79 Å². The standard InChI is InChI=1S/C21H24N2O/c22-20-11-7-16-13-17(9-10-19(16)20)23-21(24)12-8-15-6-5-14-3-1-2-4-18(14)15/h1-4,9-10,13,15,20H,5-8,11-12,22H2,(H,23,24)/t15?,20-/m0/s1. The summed E-state index contributed by atoms with van der Waals surface area (Å²) in [6.45, 7) is 0. The lowest BCUT2D eigenvalue weighted by Gasteiger charge is -2.12. The summed E-state index contributed by atoms with van der Waals surface area (Å²) < 4.78 is 0. The van der Waals surface area contributed by atoms with Gasteiger partial charge in [0.1, 0.15) is 0 Å². The van der Waals surface area contributed by atoms with Crippen LogP contribution in [-0.2, 0) is 17.6 Å². The highest BCUT2D eigenvalue weighted by molar-refractivity contribution is 5.90. The smallest absolute Gasteiger partial charge is 0.224 e. The number of aryl methyl sites for hydroxylation is 2. The molecule has 0 saturated heterocycles. The third-order valence-electron chi connectivity index (χ3n) is 5.53. The molecule has 2 aliphatic rings. The van der Waals surface area contributed by atoms with E-state index < -0.39 is 0 Å². The van der Waals surface area contributed by atoms with Crippen molar-refractivity contribution < 1.29 is 4.79 Å². The summed E-state index contributed by atoms with van der Waals surface area (Å²) in [5.74, 6) is 0.645. The summed E-state index contributed by atoms with van der Waals surface area (Å²) in [6.07, 6.45) is 5.85. The number of carbonyl (C=O) groups excluding carboxylic acids is 1. The predicted octanol–water partition coefficient (Wildman–Crippen LogP) is 4.08. The van der Waals surface area contributed by atoms with Gasteiger partial charge in [-0.25, -0.2) is 0 Å². The average molecular weight is 320 g/mol. The van der Waals surface area contributed by atoms with Crippen molar-refractivity contribution in [1.82, 2.24) is 0 Å². The van der Waals surface area contributed by atoms with Crippen LogP contribution < -0.4 is 11.1 Å². The Balaban J connectivity index is 1.35. The first kappa shape index (κ1) is 15.4. The molecule has 0 fully saturated rings. The van der Waals surface area contributed by atoms with E-state index in [1.165, 1.54) is 28.7 Å². The first-order chi connectivity index (χ1) is 11.7. The molecule has 1 unspecified atom stereocenters.